The van der Waals surface area contributed by atoms with Gasteiger partial charge in [0.25, 0.3) is 0 Å². The van der Waals surface area contributed by atoms with Gasteiger partial charge >= 0.3 is 0 Å². The van der Waals surface area contributed by atoms with Crippen LogP contribution in [0.15, 0.2) is 48.5 Å². The molecule has 2 rings (SSSR count). The van der Waals surface area contributed by atoms with Gasteiger partial charge in [-0.1, -0.05) is 30.3 Å². The van der Waals surface area contributed by atoms with E-state index in [1.807, 2.05) is 48.5 Å². The Morgan fingerprint density at radius 1 is 1.04 bits per heavy atom. The smallest absolute Gasteiger partial charge is 0.234 e. The Labute approximate surface area is 143 Å². The fraction of sp³-hybridized carbons (Fsp3) is 0.316. The van der Waals surface area contributed by atoms with Crippen LogP contribution in [-0.2, 0) is 17.8 Å². The first-order valence-corrected chi connectivity index (χ1v) is 7.95. The van der Waals surface area contributed by atoms with E-state index in [-0.39, 0.29) is 5.91 Å². The highest BCUT2D eigenvalue weighted by molar-refractivity contribution is 5.78. The molecule has 0 unspecified atom stereocenters. The minimum Gasteiger partial charge on any atom is -0.497 e. The van der Waals surface area contributed by atoms with Crippen LogP contribution in [0.25, 0.3) is 0 Å². The average Bonchev–Trinajstić information content (AvgIpc) is 2.64. The Bertz CT molecular complexity index is 659. The van der Waals surface area contributed by atoms with E-state index < -0.39 is 0 Å². The zero-order valence-electron chi connectivity index (χ0n) is 14.2. The van der Waals surface area contributed by atoms with Crippen molar-refractivity contribution in [1.29, 1.82) is 0 Å². The Kier molecular flexibility index (Phi) is 7.11. The Hall–Kier alpha value is -2.53. The number of benzene rings is 2. The van der Waals surface area contributed by atoms with E-state index in [0.717, 1.165) is 30.0 Å². The molecule has 0 saturated heterocycles. The van der Waals surface area contributed by atoms with Gasteiger partial charge in [-0.15, -0.1) is 0 Å². The molecule has 0 heterocycles. The van der Waals surface area contributed by atoms with Crippen molar-refractivity contribution in [1.82, 2.24) is 10.6 Å². The highest BCUT2D eigenvalue weighted by Gasteiger charge is 2.05. The number of nitrogens with one attached hydrogen (secondary N) is 2. The molecule has 5 nitrogen and oxygen atoms in total. The lowest BCUT2D eigenvalue weighted by Gasteiger charge is -2.10. The molecule has 0 fully saturated rings. The highest BCUT2D eigenvalue weighted by atomic mass is 16.5. The fourth-order valence-corrected chi connectivity index (χ4v) is 2.37. The number of hydrogen-bond acceptors (Lipinski definition) is 4. The number of para-hydroxylation sites is 1. The zero-order chi connectivity index (χ0) is 17.2. The molecule has 128 valence electrons. The summed E-state index contributed by atoms with van der Waals surface area (Å²) in [7, 11) is 3.28. The monoisotopic (exact) mass is 328 g/mol. The van der Waals surface area contributed by atoms with Crippen molar-refractivity contribution in [2.24, 2.45) is 0 Å². The van der Waals surface area contributed by atoms with E-state index in [9.17, 15) is 4.79 Å². The van der Waals surface area contributed by atoms with Crippen LogP contribution < -0.4 is 20.1 Å². The number of ether oxygens (including phenoxy) is 2. The topological polar surface area (TPSA) is 59.6 Å². The average molecular weight is 328 g/mol. The fourth-order valence-electron chi connectivity index (χ4n) is 2.37. The first-order valence-electron chi connectivity index (χ1n) is 7.95. The van der Waals surface area contributed by atoms with Gasteiger partial charge in [0.15, 0.2) is 0 Å². The molecule has 0 atom stereocenters. The van der Waals surface area contributed by atoms with Crippen molar-refractivity contribution in [3.63, 3.8) is 0 Å². The van der Waals surface area contributed by atoms with Crippen molar-refractivity contribution in [2.45, 2.75) is 13.0 Å². The Balaban J connectivity index is 1.68. The standard InChI is InChI=1S/C19H24N2O3/c1-23-17-8-5-6-15(12-17)10-11-20-14-19(22)21-13-16-7-3-4-9-18(16)24-2/h3-9,12,20H,10-11,13-14H2,1-2H3,(H,21,22). The van der Waals surface area contributed by atoms with E-state index in [4.69, 9.17) is 9.47 Å². The minimum absolute atomic E-state index is 0.0356. The summed E-state index contributed by atoms with van der Waals surface area (Å²) in [6.45, 7) is 1.48. The highest BCUT2D eigenvalue weighted by Crippen LogP contribution is 2.16. The molecule has 0 aliphatic rings. The third-order valence-corrected chi connectivity index (χ3v) is 3.68. The van der Waals surface area contributed by atoms with E-state index in [0.29, 0.717) is 13.1 Å². The van der Waals surface area contributed by atoms with Gasteiger partial charge in [0.2, 0.25) is 5.91 Å². The van der Waals surface area contributed by atoms with E-state index in [1.165, 1.54) is 5.56 Å². The quantitative estimate of drug-likeness (QED) is 0.693. The lowest BCUT2D eigenvalue weighted by Crippen LogP contribution is -2.34. The number of carbonyl (C=O) groups excluding carboxylic acids is 1. The van der Waals surface area contributed by atoms with Crippen LogP contribution in [0, 0.1) is 0 Å². The number of methoxy groups -OCH3 is 2. The summed E-state index contributed by atoms with van der Waals surface area (Å²) in [6, 6.07) is 15.6. The molecule has 0 radical (unpaired) electrons. The summed E-state index contributed by atoms with van der Waals surface area (Å²) >= 11 is 0. The zero-order valence-corrected chi connectivity index (χ0v) is 14.2. The second-order valence-corrected chi connectivity index (χ2v) is 5.37. The number of carbonyl (C=O) groups is 1. The lowest BCUT2D eigenvalue weighted by molar-refractivity contribution is -0.120. The summed E-state index contributed by atoms with van der Waals surface area (Å²) in [5.74, 6) is 1.59. The van der Waals surface area contributed by atoms with E-state index in [1.54, 1.807) is 14.2 Å². The molecular weight excluding hydrogens is 304 g/mol. The second-order valence-electron chi connectivity index (χ2n) is 5.37. The molecule has 0 saturated carbocycles. The Morgan fingerprint density at radius 2 is 1.88 bits per heavy atom. The molecule has 2 aromatic carbocycles. The molecule has 0 aromatic heterocycles. The van der Waals surface area contributed by atoms with Crippen LogP contribution >= 0.6 is 0 Å². The molecule has 24 heavy (non-hydrogen) atoms. The van der Waals surface area contributed by atoms with Crippen molar-refractivity contribution >= 4 is 5.91 Å². The first kappa shape index (κ1) is 17.8. The van der Waals surface area contributed by atoms with Crippen LogP contribution in [-0.4, -0.2) is 33.2 Å². The third kappa shape index (κ3) is 5.59. The Morgan fingerprint density at radius 3 is 2.67 bits per heavy atom. The minimum atomic E-state index is -0.0356. The van der Waals surface area contributed by atoms with Crippen molar-refractivity contribution < 1.29 is 14.3 Å². The van der Waals surface area contributed by atoms with Crippen LogP contribution in [0.3, 0.4) is 0 Å². The SMILES string of the molecule is COc1cccc(CCNCC(=O)NCc2ccccc2OC)c1. The summed E-state index contributed by atoms with van der Waals surface area (Å²) in [6.07, 6.45) is 0.844. The largest absolute Gasteiger partial charge is 0.497 e. The second kappa shape index (κ2) is 9.57. The van der Waals surface area contributed by atoms with Crippen LogP contribution in [0.5, 0.6) is 11.5 Å². The third-order valence-electron chi connectivity index (χ3n) is 3.68. The number of hydrogen-bond donors (Lipinski definition) is 2. The molecule has 5 heteroatoms. The van der Waals surface area contributed by atoms with Gasteiger partial charge in [-0.05, 0) is 36.7 Å². The van der Waals surface area contributed by atoms with Crippen LogP contribution in [0.4, 0.5) is 0 Å². The molecule has 2 aromatic rings. The predicted octanol–water partition coefficient (Wildman–Crippen LogP) is 2.15. The van der Waals surface area contributed by atoms with Gasteiger partial charge in [0, 0.05) is 12.1 Å². The number of amides is 1. The molecule has 2 N–H and O–H groups in total. The van der Waals surface area contributed by atoms with E-state index in [2.05, 4.69) is 10.6 Å². The van der Waals surface area contributed by atoms with E-state index >= 15 is 0 Å². The molecule has 0 bridgehead atoms. The molecule has 1 amide bonds. The van der Waals surface area contributed by atoms with Crippen LogP contribution in [0.1, 0.15) is 11.1 Å². The van der Waals surface area contributed by atoms with Gasteiger partial charge in [-0.25, -0.2) is 0 Å². The number of rotatable bonds is 9. The summed E-state index contributed by atoms with van der Waals surface area (Å²) in [5, 5.41) is 6.04. The molecule has 0 aliphatic carbocycles. The van der Waals surface area contributed by atoms with Gasteiger partial charge in [0.1, 0.15) is 11.5 Å². The van der Waals surface area contributed by atoms with Gasteiger partial charge in [-0.2, -0.15) is 0 Å². The van der Waals surface area contributed by atoms with Gasteiger partial charge in [-0.3, -0.25) is 4.79 Å². The molecule has 0 aliphatic heterocycles. The molecular formula is C19H24N2O3. The summed E-state index contributed by atoms with van der Waals surface area (Å²) in [5.41, 5.74) is 2.14. The van der Waals surface area contributed by atoms with Crippen molar-refractivity contribution in [2.75, 3.05) is 27.3 Å². The summed E-state index contributed by atoms with van der Waals surface area (Å²) in [4.78, 5) is 11.9. The summed E-state index contributed by atoms with van der Waals surface area (Å²) < 4.78 is 10.5. The van der Waals surface area contributed by atoms with Gasteiger partial charge < -0.3 is 20.1 Å². The molecule has 0 spiro atoms. The van der Waals surface area contributed by atoms with Crippen molar-refractivity contribution in [3.05, 3.63) is 59.7 Å². The van der Waals surface area contributed by atoms with Crippen LogP contribution in [0.2, 0.25) is 0 Å². The maximum absolute atomic E-state index is 11.9. The first-order chi connectivity index (χ1) is 11.7. The maximum Gasteiger partial charge on any atom is 0.234 e. The van der Waals surface area contributed by atoms with Gasteiger partial charge in [0.05, 0.1) is 20.8 Å². The lowest BCUT2D eigenvalue weighted by atomic mass is 10.1. The maximum atomic E-state index is 11.9. The van der Waals surface area contributed by atoms with Crippen molar-refractivity contribution in [3.8, 4) is 11.5 Å². The normalized spacial score (nSPS) is 10.2. The predicted molar refractivity (Wildman–Crippen MR) is 94.4 cm³/mol.